The lowest BCUT2D eigenvalue weighted by molar-refractivity contribution is 0.506. The lowest BCUT2D eigenvalue weighted by Gasteiger charge is -2.35. The summed E-state index contributed by atoms with van der Waals surface area (Å²) in [7, 11) is 0. The van der Waals surface area contributed by atoms with Crippen LogP contribution in [-0.2, 0) is 6.54 Å². The highest BCUT2D eigenvalue weighted by atomic mass is 15.2. The summed E-state index contributed by atoms with van der Waals surface area (Å²) in [6.07, 6.45) is 6.08. The van der Waals surface area contributed by atoms with E-state index in [-0.39, 0.29) is 0 Å². The number of anilines is 1. The smallest absolute Gasteiger partial charge is 0.0445 e. The Balaban J connectivity index is 3.07. The Morgan fingerprint density at radius 1 is 1.28 bits per heavy atom. The minimum atomic E-state index is 0.553. The summed E-state index contributed by atoms with van der Waals surface area (Å²) in [5.74, 6) is 0.643. The molecule has 1 heterocycles. The van der Waals surface area contributed by atoms with Gasteiger partial charge < -0.3 is 10.6 Å². The van der Waals surface area contributed by atoms with Gasteiger partial charge in [0.15, 0.2) is 0 Å². The van der Waals surface area contributed by atoms with Crippen LogP contribution in [0.4, 0.5) is 5.69 Å². The summed E-state index contributed by atoms with van der Waals surface area (Å²) in [4.78, 5) is 6.69. The largest absolute Gasteiger partial charge is 0.368 e. The van der Waals surface area contributed by atoms with Crippen molar-refractivity contribution < 1.29 is 0 Å². The SMILES string of the molecule is CCC(CC)N(CC(C)C)c1ccncc1CN. The van der Waals surface area contributed by atoms with Gasteiger partial charge in [-0.05, 0) is 24.8 Å². The fourth-order valence-electron chi connectivity index (χ4n) is 2.42. The van der Waals surface area contributed by atoms with Crippen LogP contribution in [0, 0.1) is 5.92 Å². The first-order valence-electron chi connectivity index (χ1n) is 7.03. The zero-order valence-electron chi connectivity index (χ0n) is 12.2. The molecule has 0 aromatic carbocycles. The second-order valence-corrected chi connectivity index (χ2v) is 5.23. The Labute approximate surface area is 111 Å². The molecule has 1 aromatic heterocycles. The summed E-state index contributed by atoms with van der Waals surface area (Å²) in [5.41, 5.74) is 8.24. The highest BCUT2D eigenvalue weighted by Gasteiger charge is 2.19. The van der Waals surface area contributed by atoms with E-state index in [4.69, 9.17) is 5.73 Å². The van der Waals surface area contributed by atoms with Crippen LogP contribution in [0.1, 0.15) is 46.1 Å². The normalized spacial score (nSPS) is 11.3. The monoisotopic (exact) mass is 249 g/mol. The van der Waals surface area contributed by atoms with Crippen LogP contribution in [-0.4, -0.2) is 17.6 Å². The van der Waals surface area contributed by atoms with Crippen molar-refractivity contribution in [2.45, 2.75) is 53.1 Å². The lowest BCUT2D eigenvalue weighted by atomic mass is 10.0. The van der Waals surface area contributed by atoms with Crippen LogP contribution < -0.4 is 10.6 Å². The minimum Gasteiger partial charge on any atom is -0.368 e. The first kappa shape index (κ1) is 15.0. The Bertz CT molecular complexity index is 345. The van der Waals surface area contributed by atoms with Gasteiger partial charge in [-0.1, -0.05) is 27.7 Å². The van der Waals surface area contributed by atoms with Crippen molar-refractivity contribution in [3.05, 3.63) is 24.0 Å². The molecular weight excluding hydrogens is 222 g/mol. The van der Waals surface area contributed by atoms with E-state index in [0.717, 1.165) is 24.9 Å². The van der Waals surface area contributed by atoms with Gasteiger partial charge in [0.2, 0.25) is 0 Å². The molecule has 1 aromatic rings. The van der Waals surface area contributed by atoms with E-state index >= 15 is 0 Å². The van der Waals surface area contributed by atoms with Gasteiger partial charge in [0.1, 0.15) is 0 Å². The third-order valence-electron chi connectivity index (χ3n) is 3.35. The molecule has 0 aliphatic heterocycles. The van der Waals surface area contributed by atoms with E-state index in [1.165, 1.54) is 5.69 Å². The molecule has 0 amide bonds. The molecule has 0 unspecified atom stereocenters. The molecule has 0 bridgehead atoms. The Hall–Kier alpha value is -1.09. The van der Waals surface area contributed by atoms with E-state index in [0.29, 0.717) is 18.5 Å². The number of nitrogens with two attached hydrogens (primary N) is 1. The molecule has 1 rings (SSSR count). The van der Waals surface area contributed by atoms with Crippen LogP contribution in [0.5, 0.6) is 0 Å². The average molecular weight is 249 g/mol. The molecule has 2 N–H and O–H groups in total. The maximum Gasteiger partial charge on any atom is 0.0445 e. The van der Waals surface area contributed by atoms with Gasteiger partial charge in [-0.3, -0.25) is 4.98 Å². The average Bonchev–Trinajstić information content (AvgIpc) is 2.38. The van der Waals surface area contributed by atoms with E-state index in [2.05, 4.69) is 43.6 Å². The summed E-state index contributed by atoms with van der Waals surface area (Å²) < 4.78 is 0. The Kier molecular flexibility index (Phi) is 6.13. The number of aromatic nitrogens is 1. The van der Waals surface area contributed by atoms with E-state index in [1.54, 1.807) is 0 Å². The zero-order chi connectivity index (χ0) is 13.5. The van der Waals surface area contributed by atoms with Gasteiger partial charge in [-0.2, -0.15) is 0 Å². The number of hydrogen-bond donors (Lipinski definition) is 1. The molecule has 0 spiro atoms. The second kappa shape index (κ2) is 7.37. The van der Waals surface area contributed by atoms with Crippen LogP contribution >= 0.6 is 0 Å². The van der Waals surface area contributed by atoms with Crippen molar-refractivity contribution in [1.29, 1.82) is 0 Å². The molecule has 0 fully saturated rings. The van der Waals surface area contributed by atoms with E-state index in [9.17, 15) is 0 Å². The van der Waals surface area contributed by atoms with Gasteiger partial charge in [0.25, 0.3) is 0 Å². The van der Waals surface area contributed by atoms with Crippen LogP contribution in [0.2, 0.25) is 0 Å². The third-order valence-corrected chi connectivity index (χ3v) is 3.35. The first-order chi connectivity index (χ1) is 8.63. The van der Waals surface area contributed by atoms with Crippen molar-refractivity contribution in [3.8, 4) is 0 Å². The van der Waals surface area contributed by atoms with Gasteiger partial charge in [0, 0.05) is 42.8 Å². The molecular formula is C15H27N3. The maximum absolute atomic E-state index is 5.84. The molecule has 0 radical (unpaired) electrons. The molecule has 0 saturated heterocycles. The summed E-state index contributed by atoms with van der Waals surface area (Å²) in [6, 6.07) is 2.68. The molecule has 0 aliphatic rings. The molecule has 0 aliphatic carbocycles. The van der Waals surface area contributed by atoms with E-state index < -0.39 is 0 Å². The predicted molar refractivity (Wildman–Crippen MR) is 78.7 cm³/mol. The summed E-state index contributed by atoms with van der Waals surface area (Å²) in [6.45, 7) is 10.7. The van der Waals surface area contributed by atoms with Gasteiger partial charge in [-0.25, -0.2) is 0 Å². The quantitative estimate of drug-likeness (QED) is 0.807. The fourth-order valence-corrected chi connectivity index (χ4v) is 2.42. The van der Waals surface area contributed by atoms with Gasteiger partial charge >= 0.3 is 0 Å². The topological polar surface area (TPSA) is 42.2 Å². The Morgan fingerprint density at radius 3 is 2.44 bits per heavy atom. The maximum atomic E-state index is 5.84. The molecule has 3 nitrogen and oxygen atoms in total. The molecule has 18 heavy (non-hydrogen) atoms. The first-order valence-corrected chi connectivity index (χ1v) is 7.03. The molecule has 102 valence electrons. The minimum absolute atomic E-state index is 0.553. The zero-order valence-corrected chi connectivity index (χ0v) is 12.2. The number of pyridine rings is 1. The lowest BCUT2D eigenvalue weighted by Crippen LogP contribution is -2.38. The van der Waals surface area contributed by atoms with Crippen molar-refractivity contribution in [3.63, 3.8) is 0 Å². The molecule has 0 saturated carbocycles. The predicted octanol–water partition coefficient (Wildman–Crippen LogP) is 3.19. The van der Waals surface area contributed by atoms with Crippen molar-refractivity contribution in [2.75, 3.05) is 11.4 Å². The fraction of sp³-hybridized carbons (Fsp3) is 0.667. The second-order valence-electron chi connectivity index (χ2n) is 5.23. The van der Waals surface area contributed by atoms with Crippen molar-refractivity contribution in [2.24, 2.45) is 11.7 Å². The van der Waals surface area contributed by atoms with Crippen LogP contribution in [0.25, 0.3) is 0 Å². The van der Waals surface area contributed by atoms with Gasteiger partial charge in [0.05, 0.1) is 0 Å². The number of nitrogens with zero attached hydrogens (tertiary/aromatic N) is 2. The molecule has 3 heteroatoms. The Morgan fingerprint density at radius 2 is 1.94 bits per heavy atom. The molecule has 0 atom stereocenters. The number of rotatable bonds is 7. The standard InChI is InChI=1S/C15H27N3/c1-5-14(6-2)18(11-12(3)4)15-7-8-17-10-13(15)9-16/h7-8,10,12,14H,5-6,9,11,16H2,1-4H3. The van der Waals surface area contributed by atoms with E-state index in [1.807, 2.05) is 12.4 Å². The van der Waals surface area contributed by atoms with Crippen LogP contribution in [0.15, 0.2) is 18.5 Å². The van der Waals surface area contributed by atoms with Crippen molar-refractivity contribution >= 4 is 5.69 Å². The van der Waals surface area contributed by atoms with Crippen LogP contribution in [0.3, 0.4) is 0 Å². The van der Waals surface area contributed by atoms with Gasteiger partial charge in [-0.15, -0.1) is 0 Å². The van der Waals surface area contributed by atoms with Crippen molar-refractivity contribution in [1.82, 2.24) is 4.98 Å². The number of hydrogen-bond acceptors (Lipinski definition) is 3. The summed E-state index contributed by atoms with van der Waals surface area (Å²) >= 11 is 0. The highest BCUT2D eigenvalue weighted by molar-refractivity contribution is 5.53. The highest BCUT2D eigenvalue weighted by Crippen LogP contribution is 2.25. The third kappa shape index (κ3) is 3.70. The summed E-state index contributed by atoms with van der Waals surface area (Å²) in [5, 5.41) is 0.